The summed E-state index contributed by atoms with van der Waals surface area (Å²) >= 11 is 0. The zero-order chi connectivity index (χ0) is 15.9. The fraction of sp³-hybridized carbons (Fsp3) is 0.353. The van der Waals surface area contributed by atoms with Gasteiger partial charge in [0.2, 0.25) is 0 Å². The summed E-state index contributed by atoms with van der Waals surface area (Å²) in [7, 11) is 3.73. The molecule has 0 fully saturated rings. The summed E-state index contributed by atoms with van der Waals surface area (Å²) < 4.78 is 0. The summed E-state index contributed by atoms with van der Waals surface area (Å²) in [4.78, 5) is 24.4. The lowest BCUT2D eigenvalue weighted by Gasteiger charge is -2.20. The van der Waals surface area contributed by atoms with Crippen molar-refractivity contribution in [3.63, 3.8) is 0 Å². The molecular formula is C17H22N4O. The third-order valence-electron chi connectivity index (χ3n) is 3.55. The summed E-state index contributed by atoms with van der Waals surface area (Å²) in [5.74, 6) is 0.631. The highest BCUT2D eigenvalue weighted by molar-refractivity contribution is 5.92. The van der Waals surface area contributed by atoms with Gasteiger partial charge in [-0.2, -0.15) is 0 Å². The molecule has 0 saturated heterocycles. The molecule has 0 atom stereocenters. The van der Waals surface area contributed by atoms with E-state index >= 15 is 0 Å². The number of nitrogens with zero attached hydrogens (tertiary/aromatic N) is 4. The molecular weight excluding hydrogens is 276 g/mol. The van der Waals surface area contributed by atoms with E-state index in [0.717, 1.165) is 25.1 Å². The molecule has 2 aromatic rings. The van der Waals surface area contributed by atoms with E-state index < -0.39 is 0 Å². The number of carbonyl (C=O) groups is 1. The Labute approximate surface area is 131 Å². The monoisotopic (exact) mass is 298 g/mol. The van der Waals surface area contributed by atoms with E-state index in [1.165, 1.54) is 6.33 Å². The summed E-state index contributed by atoms with van der Waals surface area (Å²) in [5, 5.41) is 0. The van der Waals surface area contributed by atoms with Crippen molar-refractivity contribution in [2.75, 3.05) is 25.5 Å². The maximum absolute atomic E-state index is 12.4. The van der Waals surface area contributed by atoms with Gasteiger partial charge < -0.3 is 9.80 Å². The zero-order valence-corrected chi connectivity index (χ0v) is 13.4. The molecule has 0 unspecified atom stereocenters. The summed E-state index contributed by atoms with van der Waals surface area (Å²) in [6.45, 7) is 2.85. The normalized spacial score (nSPS) is 10.3. The van der Waals surface area contributed by atoms with Crippen LogP contribution in [0.2, 0.25) is 0 Å². The number of hydrogen-bond donors (Lipinski definition) is 0. The van der Waals surface area contributed by atoms with E-state index in [-0.39, 0.29) is 5.91 Å². The Balaban J connectivity index is 2.18. The lowest BCUT2D eigenvalue weighted by atomic mass is 10.2. The molecule has 5 nitrogen and oxygen atoms in total. The van der Waals surface area contributed by atoms with Crippen molar-refractivity contribution in [1.29, 1.82) is 0 Å². The Morgan fingerprint density at radius 1 is 1.14 bits per heavy atom. The van der Waals surface area contributed by atoms with E-state index in [2.05, 4.69) is 16.9 Å². The third kappa shape index (κ3) is 3.81. The van der Waals surface area contributed by atoms with Crippen molar-refractivity contribution in [2.24, 2.45) is 0 Å². The second-order valence-corrected chi connectivity index (χ2v) is 5.24. The highest BCUT2D eigenvalue weighted by Gasteiger charge is 2.15. The van der Waals surface area contributed by atoms with Gasteiger partial charge in [-0.1, -0.05) is 31.5 Å². The molecule has 1 heterocycles. The average molecular weight is 298 g/mol. The zero-order valence-electron chi connectivity index (χ0n) is 13.4. The third-order valence-corrected chi connectivity index (χ3v) is 3.55. The Kier molecular flexibility index (Phi) is 5.47. The maximum Gasteiger partial charge on any atom is 0.272 e. The first-order valence-corrected chi connectivity index (χ1v) is 7.49. The summed E-state index contributed by atoms with van der Waals surface area (Å²) in [6, 6.07) is 11.6. The quantitative estimate of drug-likeness (QED) is 0.822. The highest BCUT2D eigenvalue weighted by atomic mass is 16.2. The first-order valence-electron chi connectivity index (χ1n) is 7.49. The van der Waals surface area contributed by atoms with Gasteiger partial charge in [0, 0.05) is 32.4 Å². The predicted octanol–water partition coefficient (Wildman–Crippen LogP) is 3.12. The van der Waals surface area contributed by atoms with Gasteiger partial charge in [0.05, 0.1) is 0 Å². The lowest BCUT2D eigenvalue weighted by molar-refractivity contribution is 0.0787. The molecule has 116 valence electrons. The van der Waals surface area contributed by atoms with Crippen molar-refractivity contribution in [1.82, 2.24) is 14.9 Å². The first-order chi connectivity index (χ1) is 10.6. The summed E-state index contributed by atoms with van der Waals surface area (Å²) in [6.07, 6.45) is 3.49. The molecule has 22 heavy (non-hydrogen) atoms. The van der Waals surface area contributed by atoms with Gasteiger partial charge in [-0.15, -0.1) is 0 Å². The van der Waals surface area contributed by atoms with Gasteiger partial charge in [0.1, 0.15) is 17.8 Å². The minimum Gasteiger partial charge on any atom is -0.340 e. The van der Waals surface area contributed by atoms with E-state index in [1.807, 2.05) is 42.3 Å². The van der Waals surface area contributed by atoms with Crippen LogP contribution in [-0.2, 0) is 0 Å². The average Bonchev–Trinajstić information content (AvgIpc) is 2.59. The van der Waals surface area contributed by atoms with Gasteiger partial charge in [-0.05, 0) is 18.6 Å². The number of rotatable bonds is 6. The smallest absolute Gasteiger partial charge is 0.272 e. The standard InChI is InChI=1S/C17H22N4O/c1-4-5-11-20(2)17(22)15-12-16(19-13-18-15)21(3)14-9-7-6-8-10-14/h6-10,12-13H,4-5,11H2,1-3H3. The van der Waals surface area contributed by atoms with Crippen LogP contribution < -0.4 is 4.90 Å². The molecule has 2 rings (SSSR count). The number of aromatic nitrogens is 2. The van der Waals surface area contributed by atoms with Gasteiger partial charge in [-0.3, -0.25) is 4.79 Å². The molecule has 5 heteroatoms. The molecule has 0 saturated carbocycles. The predicted molar refractivity (Wildman–Crippen MR) is 88.4 cm³/mol. The van der Waals surface area contributed by atoms with Crippen LogP contribution in [0.5, 0.6) is 0 Å². The molecule has 0 aliphatic heterocycles. The molecule has 0 N–H and O–H groups in total. The number of anilines is 2. The molecule has 1 aromatic carbocycles. The van der Waals surface area contributed by atoms with Crippen LogP contribution in [0.1, 0.15) is 30.3 Å². The number of carbonyl (C=O) groups excluding carboxylic acids is 1. The lowest BCUT2D eigenvalue weighted by Crippen LogP contribution is -2.28. The number of hydrogen-bond acceptors (Lipinski definition) is 4. The van der Waals surface area contributed by atoms with Crippen LogP contribution in [0.3, 0.4) is 0 Å². The van der Waals surface area contributed by atoms with Crippen molar-refractivity contribution < 1.29 is 4.79 Å². The Morgan fingerprint density at radius 2 is 1.86 bits per heavy atom. The van der Waals surface area contributed by atoms with Gasteiger partial charge >= 0.3 is 0 Å². The van der Waals surface area contributed by atoms with Crippen LogP contribution in [0.25, 0.3) is 0 Å². The minimum atomic E-state index is -0.0708. The van der Waals surface area contributed by atoms with E-state index in [4.69, 9.17) is 0 Å². The second-order valence-electron chi connectivity index (χ2n) is 5.24. The minimum absolute atomic E-state index is 0.0708. The van der Waals surface area contributed by atoms with E-state index in [1.54, 1.807) is 18.0 Å². The molecule has 0 bridgehead atoms. The van der Waals surface area contributed by atoms with Crippen molar-refractivity contribution in [3.8, 4) is 0 Å². The van der Waals surface area contributed by atoms with Gasteiger partial charge in [0.25, 0.3) is 5.91 Å². The fourth-order valence-electron chi connectivity index (χ4n) is 2.12. The Bertz CT molecular complexity index is 615. The maximum atomic E-state index is 12.4. The van der Waals surface area contributed by atoms with Crippen molar-refractivity contribution in [2.45, 2.75) is 19.8 Å². The Morgan fingerprint density at radius 3 is 2.55 bits per heavy atom. The van der Waals surface area contributed by atoms with Crippen LogP contribution in [-0.4, -0.2) is 41.4 Å². The van der Waals surface area contributed by atoms with Gasteiger partial charge in [0.15, 0.2) is 0 Å². The van der Waals surface area contributed by atoms with E-state index in [9.17, 15) is 4.79 Å². The molecule has 1 aromatic heterocycles. The molecule has 1 amide bonds. The SMILES string of the molecule is CCCCN(C)C(=O)c1cc(N(C)c2ccccc2)ncn1. The molecule has 0 aliphatic rings. The van der Waals surface area contributed by atoms with E-state index in [0.29, 0.717) is 11.5 Å². The van der Waals surface area contributed by atoms with Crippen molar-refractivity contribution >= 4 is 17.4 Å². The molecule has 0 aliphatic carbocycles. The Hall–Kier alpha value is -2.43. The van der Waals surface area contributed by atoms with Crippen LogP contribution in [0.4, 0.5) is 11.5 Å². The highest BCUT2D eigenvalue weighted by Crippen LogP contribution is 2.21. The van der Waals surface area contributed by atoms with Crippen molar-refractivity contribution in [3.05, 3.63) is 48.4 Å². The first kappa shape index (κ1) is 15.9. The van der Waals surface area contributed by atoms with Crippen LogP contribution >= 0.6 is 0 Å². The molecule has 0 radical (unpaired) electrons. The number of unbranched alkanes of at least 4 members (excludes halogenated alkanes) is 1. The number of amides is 1. The van der Waals surface area contributed by atoms with Crippen LogP contribution in [0.15, 0.2) is 42.7 Å². The number of benzene rings is 1. The van der Waals surface area contributed by atoms with Gasteiger partial charge in [-0.25, -0.2) is 9.97 Å². The number of para-hydroxylation sites is 1. The topological polar surface area (TPSA) is 49.3 Å². The largest absolute Gasteiger partial charge is 0.340 e. The fourth-order valence-corrected chi connectivity index (χ4v) is 2.12. The summed E-state index contributed by atoms with van der Waals surface area (Å²) in [5.41, 5.74) is 1.44. The molecule has 0 spiro atoms. The second kappa shape index (κ2) is 7.54. The van der Waals surface area contributed by atoms with Crippen LogP contribution in [0, 0.1) is 0 Å².